The summed E-state index contributed by atoms with van der Waals surface area (Å²) in [5, 5.41) is 4.03. The van der Waals surface area contributed by atoms with Gasteiger partial charge in [-0.1, -0.05) is 18.5 Å². The van der Waals surface area contributed by atoms with Gasteiger partial charge in [-0.3, -0.25) is 0 Å². The Bertz CT molecular complexity index is 387. The second-order valence-corrected chi connectivity index (χ2v) is 6.05. The first kappa shape index (κ1) is 16.6. The Balaban J connectivity index is 2.76. The van der Waals surface area contributed by atoms with Crippen LogP contribution in [0.2, 0.25) is 5.02 Å². The number of nitrogens with one attached hydrogen (secondary N) is 1. The van der Waals surface area contributed by atoms with Crippen molar-refractivity contribution in [2.75, 3.05) is 30.5 Å². The average Bonchev–Trinajstić information content (AvgIpc) is 2.43. The molecule has 0 fully saturated rings. The number of halogens is 1. The Hall–Kier alpha value is -0.450. The van der Waals surface area contributed by atoms with Gasteiger partial charge < -0.3 is 10.2 Å². The van der Waals surface area contributed by atoms with Crippen molar-refractivity contribution in [1.82, 2.24) is 10.3 Å². The lowest BCUT2D eigenvalue weighted by molar-refractivity contribution is 0.660. The smallest absolute Gasteiger partial charge is 0.128 e. The molecule has 0 radical (unpaired) electrons. The molecule has 19 heavy (non-hydrogen) atoms. The lowest BCUT2D eigenvalue weighted by Crippen LogP contribution is -2.30. The predicted octanol–water partition coefficient (Wildman–Crippen LogP) is 3.42. The van der Waals surface area contributed by atoms with Crippen LogP contribution in [0.25, 0.3) is 0 Å². The monoisotopic (exact) mass is 301 g/mol. The molecule has 3 nitrogen and oxygen atoms in total. The predicted molar refractivity (Wildman–Crippen MR) is 87.5 cm³/mol. The van der Waals surface area contributed by atoms with E-state index in [-0.39, 0.29) is 0 Å². The van der Waals surface area contributed by atoms with E-state index in [2.05, 4.69) is 48.4 Å². The molecule has 0 saturated heterocycles. The van der Waals surface area contributed by atoms with Crippen molar-refractivity contribution in [2.45, 2.75) is 32.9 Å². The van der Waals surface area contributed by atoms with E-state index in [1.54, 1.807) is 6.20 Å². The highest BCUT2D eigenvalue weighted by Gasteiger charge is 2.12. The number of hydrogen-bond acceptors (Lipinski definition) is 4. The summed E-state index contributed by atoms with van der Waals surface area (Å²) in [5.41, 5.74) is 1.11. The van der Waals surface area contributed by atoms with Crippen LogP contribution in [0.3, 0.4) is 0 Å². The number of rotatable bonds is 8. The van der Waals surface area contributed by atoms with Crippen LogP contribution in [0.4, 0.5) is 5.82 Å². The maximum atomic E-state index is 6.18. The SMILES string of the molecule is CCNCc1cc(N(C)C(C)CCSC)ncc1Cl. The third kappa shape index (κ3) is 5.21. The Morgan fingerprint density at radius 3 is 2.89 bits per heavy atom. The summed E-state index contributed by atoms with van der Waals surface area (Å²) in [6, 6.07) is 2.56. The first-order valence-electron chi connectivity index (χ1n) is 6.67. The molecule has 0 amide bonds. The highest BCUT2D eigenvalue weighted by molar-refractivity contribution is 7.98. The lowest BCUT2D eigenvalue weighted by atomic mass is 10.2. The van der Waals surface area contributed by atoms with E-state index in [0.717, 1.165) is 35.9 Å². The standard InChI is InChI=1S/C14H24ClN3S/c1-5-16-9-12-8-14(17-10-13(12)15)18(3)11(2)6-7-19-4/h8,10-11,16H,5-7,9H2,1-4H3. The molecule has 1 heterocycles. The van der Waals surface area contributed by atoms with Gasteiger partial charge in [-0.25, -0.2) is 4.98 Å². The molecule has 1 unspecified atom stereocenters. The van der Waals surface area contributed by atoms with Gasteiger partial charge >= 0.3 is 0 Å². The molecule has 0 aliphatic carbocycles. The molecule has 1 N–H and O–H groups in total. The molecule has 1 aromatic heterocycles. The van der Waals surface area contributed by atoms with Crippen LogP contribution in [0.15, 0.2) is 12.3 Å². The van der Waals surface area contributed by atoms with E-state index < -0.39 is 0 Å². The molecule has 1 aromatic rings. The summed E-state index contributed by atoms with van der Waals surface area (Å²) in [6.45, 7) is 6.05. The number of aromatic nitrogens is 1. The molecule has 1 atom stereocenters. The molecule has 0 spiro atoms. The Kier molecular flexibility index (Phi) is 7.57. The van der Waals surface area contributed by atoms with Gasteiger partial charge in [0, 0.05) is 25.8 Å². The highest BCUT2D eigenvalue weighted by Crippen LogP contribution is 2.22. The van der Waals surface area contributed by atoms with Crippen LogP contribution < -0.4 is 10.2 Å². The van der Waals surface area contributed by atoms with E-state index in [0.29, 0.717) is 6.04 Å². The Morgan fingerprint density at radius 2 is 2.26 bits per heavy atom. The minimum absolute atomic E-state index is 0.480. The van der Waals surface area contributed by atoms with Crippen LogP contribution >= 0.6 is 23.4 Å². The van der Waals surface area contributed by atoms with Gasteiger partial charge in [0.25, 0.3) is 0 Å². The van der Waals surface area contributed by atoms with Gasteiger partial charge in [0.05, 0.1) is 5.02 Å². The first-order valence-corrected chi connectivity index (χ1v) is 8.44. The second-order valence-electron chi connectivity index (χ2n) is 4.66. The van der Waals surface area contributed by atoms with E-state index in [1.165, 1.54) is 5.75 Å². The van der Waals surface area contributed by atoms with Crippen molar-refractivity contribution in [2.24, 2.45) is 0 Å². The second kappa shape index (κ2) is 8.67. The molecule has 0 aliphatic heterocycles. The number of thioether (sulfide) groups is 1. The zero-order valence-electron chi connectivity index (χ0n) is 12.2. The fourth-order valence-electron chi connectivity index (χ4n) is 1.76. The van der Waals surface area contributed by atoms with Crippen LogP contribution in [-0.4, -0.2) is 36.6 Å². The summed E-state index contributed by atoms with van der Waals surface area (Å²) in [7, 11) is 2.10. The van der Waals surface area contributed by atoms with E-state index in [4.69, 9.17) is 11.6 Å². The van der Waals surface area contributed by atoms with Crippen LogP contribution in [-0.2, 0) is 6.54 Å². The van der Waals surface area contributed by atoms with Crippen molar-refractivity contribution in [3.63, 3.8) is 0 Å². The van der Waals surface area contributed by atoms with Gasteiger partial charge in [-0.15, -0.1) is 0 Å². The van der Waals surface area contributed by atoms with Gasteiger partial charge in [0.1, 0.15) is 5.82 Å². The van der Waals surface area contributed by atoms with Crippen LogP contribution in [0, 0.1) is 0 Å². The third-order valence-electron chi connectivity index (χ3n) is 3.25. The summed E-state index contributed by atoms with van der Waals surface area (Å²) in [6.07, 6.45) is 5.05. The fourth-order valence-corrected chi connectivity index (χ4v) is 2.51. The Morgan fingerprint density at radius 1 is 1.53 bits per heavy atom. The maximum absolute atomic E-state index is 6.18. The summed E-state index contributed by atoms with van der Waals surface area (Å²) >= 11 is 8.06. The highest BCUT2D eigenvalue weighted by atomic mass is 35.5. The molecule has 0 saturated carbocycles. The van der Waals surface area contributed by atoms with Crippen LogP contribution in [0.5, 0.6) is 0 Å². The van der Waals surface area contributed by atoms with Crippen molar-refractivity contribution < 1.29 is 0 Å². The van der Waals surface area contributed by atoms with Crippen molar-refractivity contribution >= 4 is 29.2 Å². The molecular weight excluding hydrogens is 278 g/mol. The summed E-state index contributed by atoms with van der Waals surface area (Å²) in [5.74, 6) is 2.16. The largest absolute Gasteiger partial charge is 0.357 e. The minimum atomic E-state index is 0.480. The zero-order valence-corrected chi connectivity index (χ0v) is 13.8. The number of nitrogens with zero attached hydrogens (tertiary/aromatic N) is 2. The van der Waals surface area contributed by atoms with E-state index in [1.807, 2.05) is 11.8 Å². The minimum Gasteiger partial charge on any atom is -0.357 e. The number of pyridine rings is 1. The van der Waals surface area contributed by atoms with Gasteiger partial charge in [-0.05, 0) is 43.5 Å². The molecule has 0 aromatic carbocycles. The Labute approximate surface area is 126 Å². The number of hydrogen-bond donors (Lipinski definition) is 1. The quantitative estimate of drug-likeness (QED) is 0.796. The van der Waals surface area contributed by atoms with Crippen molar-refractivity contribution in [3.8, 4) is 0 Å². The zero-order chi connectivity index (χ0) is 14.3. The molecule has 1 rings (SSSR count). The maximum Gasteiger partial charge on any atom is 0.128 e. The molecule has 0 aliphatic rings. The third-order valence-corrected chi connectivity index (χ3v) is 4.23. The fraction of sp³-hybridized carbons (Fsp3) is 0.643. The molecule has 108 valence electrons. The van der Waals surface area contributed by atoms with Crippen molar-refractivity contribution in [3.05, 3.63) is 22.8 Å². The first-order chi connectivity index (χ1) is 9.10. The molecule has 5 heteroatoms. The number of anilines is 1. The normalized spacial score (nSPS) is 12.5. The van der Waals surface area contributed by atoms with Crippen molar-refractivity contribution in [1.29, 1.82) is 0 Å². The average molecular weight is 302 g/mol. The van der Waals surface area contributed by atoms with Gasteiger partial charge in [0.2, 0.25) is 0 Å². The van der Waals surface area contributed by atoms with E-state index >= 15 is 0 Å². The van der Waals surface area contributed by atoms with Gasteiger partial charge in [0.15, 0.2) is 0 Å². The molecule has 0 bridgehead atoms. The summed E-state index contributed by atoms with van der Waals surface area (Å²) < 4.78 is 0. The van der Waals surface area contributed by atoms with Crippen LogP contribution in [0.1, 0.15) is 25.8 Å². The topological polar surface area (TPSA) is 28.2 Å². The van der Waals surface area contributed by atoms with E-state index in [9.17, 15) is 0 Å². The molecular formula is C14H24ClN3S. The lowest BCUT2D eigenvalue weighted by Gasteiger charge is -2.26. The van der Waals surface area contributed by atoms with Gasteiger partial charge in [-0.2, -0.15) is 11.8 Å². The summed E-state index contributed by atoms with van der Waals surface area (Å²) in [4.78, 5) is 6.66.